The summed E-state index contributed by atoms with van der Waals surface area (Å²) in [6.45, 7) is 1.74. The molecule has 1 rings (SSSR count). The summed E-state index contributed by atoms with van der Waals surface area (Å²) in [6, 6.07) is 4.19. The molecule has 0 fully saturated rings. The molecule has 1 aromatic carbocycles. The van der Waals surface area contributed by atoms with Crippen LogP contribution >= 0.6 is 11.6 Å². The van der Waals surface area contributed by atoms with Gasteiger partial charge in [0.05, 0.1) is 11.6 Å². The Kier molecular flexibility index (Phi) is 5.79. The van der Waals surface area contributed by atoms with E-state index in [-0.39, 0.29) is 28.7 Å². The maximum atomic E-state index is 12.5. The number of anilines is 1. The van der Waals surface area contributed by atoms with Crippen LogP contribution in [0.2, 0.25) is 5.02 Å². The van der Waals surface area contributed by atoms with E-state index in [0.717, 1.165) is 10.7 Å². The smallest absolute Gasteiger partial charge is 0.245 e. The predicted molar refractivity (Wildman–Crippen MR) is 78.7 cm³/mol. The number of nitrogens with two attached hydrogens (primary N) is 2. The average Bonchev–Trinajstić information content (AvgIpc) is 2.36. The number of nitrogens with zero attached hydrogens (tertiary/aromatic N) is 1. The van der Waals surface area contributed by atoms with Gasteiger partial charge in [0.2, 0.25) is 15.9 Å². The lowest BCUT2D eigenvalue weighted by Gasteiger charge is -2.21. The van der Waals surface area contributed by atoms with Gasteiger partial charge < -0.3 is 11.5 Å². The minimum atomic E-state index is -3.90. The van der Waals surface area contributed by atoms with E-state index in [2.05, 4.69) is 0 Å². The molecule has 0 heterocycles. The molecule has 0 saturated carbocycles. The Morgan fingerprint density at radius 1 is 1.40 bits per heavy atom. The topological polar surface area (TPSA) is 106 Å². The number of amides is 1. The molecule has 0 spiro atoms. The minimum absolute atomic E-state index is 0.0603. The van der Waals surface area contributed by atoms with E-state index in [0.29, 0.717) is 6.42 Å². The van der Waals surface area contributed by atoms with Crippen molar-refractivity contribution in [3.05, 3.63) is 23.2 Å². The van der Waals surface area contributed by atoms with Gasteiger partial charge in [-0.2, -0.15) is 4.31 Å². The molecule has 0 atom stereocenters. The van der Waals surface area contributed by atoms with Gasteiger partial charge in [-0.25, -0.2) is 8.42 Å². The van der Waals surface area contributed by atoms with Crippen LogP contribution in [0.15, 0.2) is 23.1 Å². The van der Waals surface area contributed by atoms with Crippen LogP contribution in [0.5, 0.6) is 0 Å². The zero-order valence-corrected chi connectivity index (χ0v) is 12.7. The third kappa shape index (κ3) is 4.09. The first kappa shape index (κ1) is 16.7. The largest absolute Gasteiger partial charge is 0.399 e. The second kappa shape index (κ2) is 6.92. The van der Waals surface area contributed by atoms with Crippen LogP contribution in [0.4, 0.5) is 5.69 Å². The Labute approximate surface area is 123 Å². The lowest BCUT2D eigenvalue weighted by atomic mass is 10.3. The van der Waals surface area contributed by atoms with Gasteiger partial charge in [-0.1, -0.05) is 24.9 Å². The van der Waals surface area contributed by atoms with Crippen molar-refractivity contribution in [3.63, 3.8) is 0 Å². The van der Waals surface area contributed by atoms with Gasteiger partial charge in [0, 0.05) is 12.2 Å². The van der Waals surface area contributed by atoms with Crippen LogP contribution in [0.25, 0.3) is 0 Å². The summed E-state index contributed by atoms with van der Waals surface area (Å²) in [7, 11) is -3.90. The first-order valence-corrected chi connectivity index (χ1v) is 7.94. The van der Waals surface area contributed by atoms with Crippen molar-refractivity contribution in [1.29, 1.82) is 0 Å². The molecule has 0 radical (unpaired) electrons. The SMILES string of the molecule is CCCCN(CC(N)=O)S(=O)(=O)c1cc(N)ccc1Cl. The van der Waals surface area contributed by atoms with Gasteiger partial charge >= 0.3 is 0 Å². The Balaban J connectivity index is 3.20. The van der Waals surface area contributed by atoms with Crippen molar-refractivity contribution in [1.82, 2.24) is 4.31 Å². The number of halogens is 1. The maximum absolute atomic E-state index is 12.5. The van der Waals surface area contributed by atoms with E-state index in [4.69, 9.17) is 23.1 Å². The predicted octanol–water partition coefficient (Wildman–Crippen LogP) is 1.20. The number of primary amides is 1. The third-order valence-corrected chi connectivity index (χ3v) is 4.99. The van der Waals surface area contributed by atoms with Crippen molar-refractivity contribution in [3.8, 4) is 0 Å². The molecule has 0 bridgehead atoms. The summed E-state index contributed by atoms with van der Waals surface area (Å²) in [5.41, 5.74) is 11.0. The van der Waals surface area contributed by atoms with Crippen LogP contribution in [0.3, 0.4) is 0 Å². The van der Waals surface area contributed by atoms with Crippen molar-refractivity contribution in [2.75, 3.05) is 18.8 Å². The number of nitrogen functional groups attached to an aromatic ring is 1. The van der Waals surface area contributed by atoms with Crippen LogP contribution in [-0.4, -0.2) is 31.7 Å². The van der Waals surface area contributed by atoms with Crippen molar-refractivity contribution in [2.24, 2.45) is 5.73 Å². The molecule has 0 saturated heterocycles. The number of hydrogen-bond acceptors (Lipinski definition) is 4. The fourth-order valence-corrected chi connectivity index (χ4v) is 3.60. The number of rotatable bonds is 7. The molecule has 4 N–H and O–H groups in total. The van der Waals surface area contributed by atoms with Crippen LogP contribution in [0, 0.1) is 0 Å². The Bertz CT molecular complexity index is 590. The summed E-state index contributed by atoms with van der Waals surface area (Å²) in [5, 5.41) is 0.0603. The zero-order valence-electron chi connectivity index (χ0n) is 11.2. The summed E-state index contributed by atoms with van der Waals surface area (Å²) >= 11 is 5.92. The number of carbonyl (C=O) groups excluding carboxylic acids is 1. The van der Waals surface area contributed by atoms with E-state index in [1.807, 2.05) is 6.92 Å². The minimum Gasteiger partial charge on any atom is -0.399 e. The highest BCUT2D eigenvalue weighted by Gasteiger charge is 2.27. The molecular weight excluding hydrogens is 302 g/mol. The van der Waals surface area contributed by atoms with E-state index in [1.54, 1.807) is 0 Å². The van der Waals surface area contributed by atoms with Crippen LogP contribution in [-0.2, 0) is 14.8 Å². The van der Waals surface area contributed by atoms with Crippen molar-refractivity contribution < 1.29 is 13.2 Å². The molecule has 1 amide bonds. The molecule has 0 aliphatic rings. The Hall–Kier alpha value is -1.31. The molecule has 0 unspecified atom stereocenters. The molecule has 0 aromatic heterocycles. The third-order valence-electron chi connectivity index (χ3n) is 2.67. The molecule has 8 heteroatoms. The number of benzene rings is 1. The van der Waals surface area contributed by atoms with Gasteiger partial charge in [0.1, 0.15) is 4.90 Å². The van der Waals surface area contributed by atoms with E-state index in [9.17, 15) is 13.2 Å². The van der Waals surface area contributed by atoms with Gasteiger partial charge in [-0.05, 0) is 24.6 Å². The monoisotopic (exact) mass is 319 g/mol. The molecule has 6 nitrogen and oxygen atoms in total. The molecule has 0 aliphatic heterocycles. The summed E-state index contributed by atoms with van der Waals surface area (Å²) in [4.78, 5) is 10.9. The lowest BCUT2D eigenvalue weighted by molar-refractivity contribution is -0.118. The van der Waals surface area contributed by atoms with E-state index >= 15 is 0 Å². The molecule has 0 aliphatic carbocycles. The normalized spacial score (nSPS) is 11.8. The Morgan fingerprint density at radius 2 is 2.05 bits per heavy atom. The van der Waals surface area contributed by atoms with Gasteiger partial charge in [-0.3, -0.25) is 4.79 Å². The van der Waals surface area contributed by atoms with E-state index in [1.165, 1.54) is 18.2 Å². The fourth-order valence-electron chi connectivity index (χ4n) is 1.65. The van der Waals surface area contributed by atoms with Gasteiger partial charge in [0.25, 0.3) is 0 Å². The van der Waals surface area contributed by atoms with Gasteiger partial charge in [-0.15, -0.1) is 0 Å². The molecular formula is C12H18ClN3O3S. The van der Waals surface area contributed by atoms with Crippen molar-refractivity contribution >= 4 is 33.2 Å². The lowest BCUT2D eigenvalue weighted by Crippen LogP contribution is -2.39. The first-order chi connectivity index (χ1) is 9.28. The standard InChI is InChI=1S/C12H18ClN3O3S/c1-2-3-6-16(8-12(15)17)20(18,19)11-7-9(14)4-5-10(11)13/h4-5,7H,2-3,6,8,14H2,1H3,(H2,15,17). The second-order valence-electron chi connectivity index (χ2n) is 4.35. The summed E-state index contributed by atoms with van der Waals surface area (Å²) < 4.78 is 26.1. The van der Waals surface area contributed by atoms with Crippen LogP contribution in [0.1, 0.15) is 19.8 Å². The fraction of sp³-hybridized carbons (Fsp3) is 0.417. The zero-order chi connectivity index (χ0) is 15.3. The quantitative estimate of drug-likeness (QED) is 0.736. The number of sulfonamides is 1. The second-order valence-corrected chi connectivity index (χ2v) is 6.66. The number of unbranched alkanes of at least 4 members (excludes halogenated alkanes) is 1. The van der Waals surface area contributed by atoms with Gasteiger partial charge in [0.15, 0.2) is 0 Å². The highest BCUT2D eigenvalue weighted by molar-refractivity contribution is 7.89. The highest BCUT2D eigenvalue weighted by Crippen LogP contribution is 2.26. The number of hydrogen-bond donors (Lipinski definition) is 2. The maximum Gasteiger partial charge on any atom is 0.245 e. The number of carbonyl (C=O) groups is 1. The highest BCUT2D eigenvalue weighted by atomic mass is 35.5. The Morgan fingerprint density at radius 3 is 2.60 bits per heavy atom. The molecule has 20 heavy (non-hydrogen) atoms. The molecule has 112 valence electrons. The van der Waals surface area contributed by atoms with Crippen molar-refractivity contribution in [2.45, 2.75) is 24.7 Å². The first-order valence-electron chi connectivity index (χ1n) is 6.12. The van der Waals surface area contributed by atoms with Crippen LogP contribution < -0.4 is 11.5 Å². The summed E-state index contributed by atoms with van der Waals surface area (Å²) in [6.07, 6.45) is 1.40. The summed E-state index contributed by atoms with van der Waals surface area (Å²) in [5.74, 6) is -0.718. The van der Waals surface area contributed by atoms with E-state index < -0.39 is 15.9 Å². The molecule has 1 aromatic rings. The average molecular weight is 320 g/mol.